The Balaban J connectivity index is 1.83. The molecular weight excluding hydrogens is 298 g/mol. The van der Waals surface area contributed by atoms with E-state index >= 15 is 0 Å². The summed E-state index contributed by atoms with van der Waals surface area (Å²) in [7, 11) is 0. The van der Waals surface area contributed by atoms with Crippen molar-refractivity contribution in [3.8, 4) is 0 Å². The van der Waals surface area contributed by atoms with Gasteiger partial charge in [-0.3, -0.25) is 4.90 Å². The summed E-state index contributed by atoms with van der Waals surface area (Å²) in [6, 6.07) is 21.8. The van der Waals surface area contributed by atoms with Gasteiger partial charge in [-0.15, -0.1) is 0 Å². The third-order valence-electron chi connectivity index (χ3n) is 5.01. The lowest BCUT2D eigenvalue weighted by atomic mass is 9.69. The second-order valence-electron chi connectivity index (χ2n) is 6.53. The van der Waals surface area contributed by atoms with Crippen molar-refractivity contribution >= 4 is 0 Å². The second-order valence-corrected chi connectivity index (χ2v) is 6.53. The van der Waals surface area contributed by atoms with E-state index in [2.05, 4.69) is 65.6 Å². The summed E-state index contributed by atoms with van der Waals surface area (Å²) in [4.78, 5) is 2.50. The molecule has 0 amide bonds. The monoisotopic (exact) mass is 325 g/mol. The topological polar surface area (TPSA) is 32.7 Å². The van der Waals surface area contributed by atoms with Gasteiger partial charge in [0, 0.05) is 18.5 Å². The molecule has 24 heavy (non-hydrogen) atoms. The first-order chi connectivity index (χ1) is 11.8. The highest BCUT2D eigenvalue weighted by Gasteiger charge is 2.38. The van der Waals surface area contributed by atoms with E-state index in [1.165, 1.54) is 24.0 Å². The van der Waals surface area contributed by atoms with E-state index in [0.717, 1.165) is 19.6 Å². The van der Waals surface area contributed by atoms with Gasteiger partial charge in [-0.05, 0) is 30.5 Å². The number of likely N-dealkylation sites (tertiary alicyclic amines) is 1. The van der Waals surface area contributed by atoms with E-state index in [9.17, 15) is 0 Å². The van der Waals surface area contributed by atoms with Crippen molar-refractivity contribution in [1.82, 2.24) is 4.90 Å². The number of piperidine rings is 1. The summed E-state index contributed by atoms with van der Waals surface area (Å²) in [5.41, 5.74) is 2.85. The Morgan fingerprint density at radius 1 is 0.917 bits per heavy atom. The van der Waals surface area contributed by atoms with Crippen molar-refractivity contribution in [2.45, 2.75) is 18.3 Å². The fourth-order valence-corrected chi connectivity index (χ4v) is 3.85. The summed E-state index contributed by atoms with van der Waals surface area (Å²) in [5, 5.41) is 8.85. The van der Waals surface area contributed by atoms with Crippen LogP contribution in [0.3, 0.4) is 0 Å². The maximum atomic E-state index is 8.85. The number of aliphatic hydroxyl groups is 1. The van der Waals surface area contributed by atoms with Crippen LogP contribution < -0.4 is 0 Å². The third-order valence-corrected chi connectivity index (χ3v) is 5.01. The predicted octanol–water partition coefficient (Wildman–Crippen LogP) is 3.08. The number of nitrogens with zero attached hydrogens (tertiary/aromatic N) is 1. The zero-order chi connectivity index (χ0) is 16.7. The van der Waals surface area contributed by atoms with Crippen LogP contribution in [0.1, 0.15) is 24.0 Å². The van der Waals surface area contributed by atoms with Gasteiger partial charge in [0.1, 0.15) is 0 Å². The van der Waals surface area contributed by atoms with Crippen molar-refractivity contribution in [2.75, 3.05) is 39.5 Å². The molecular formula is C21H27NO2. The number of aliphatic hydroxyl groups excluding tert-OH is 1. The largest absolute Gasteiger partial charge is 0.394 e. The highest BCUT2D eigenvalue weighted by atomic mass is 16.5. The molecule has 1 saturated heterocycles. The lowest BCUT2D eigenvalue weighted by molar-refractivity contribution is 0.0616. The zero-order valence-electron chi connectivity index (χ0n) is 14.2. The summed E-state index contributed by atoms with van der Waals surface area (Å²) in [5.74, 6) is 0. The van der Waals surface area contributed by atoms with Crippen molar-refractivity contribution in [2.24, 2.45) is 0 Å². The van der Waals surface area contributed by atoms with E-state index in [1.54, 1.807) is 0 Å². The minimum absolute atomic E-state index is 0.0533. The number of ether oxygens (including phenoxy) is 1. The van der Waals surface area contributed by atoms with Crippen LogP contribution in [0.25, 0.3) is 0 Å². The van der Waals surface area contributed by atoms with Crippen molar-refractivity contribution < 1.29 is 9.84 Å². The Morgan fingerprint density at radius 2 is 1.54 bits per heavy atom. The summed E-state index contributed by atoms with van der Waals surface area (Å²) < 4.78 is 5.47. The molecule has 0 bridgehead atoms. The van der Waals surface area contributed by atoms with Gasteiger partial charge in [-0.1, -0.05) is 60.7 Å². The molecule has 0 unspecified atom stereocenters. The van der Waals surface area contributed by atoms with Crippen LogP contribution in [0.2, 0.25) is 0 Å². The van der Waals surface area contributed by atoms with Crippen LogP contribution in [0.15, 0.2) is 60.7 Å². The summed E-state index contributed by atoms with van der Waals surface area (Å²) in [6.45, 7) is 4.25. The molecule has 0 aromatic heterocycles. The van der Waals surface area contributed by atoms with Crippen molar-refractivity contribution in [1.29, 1.82) is 0 Å². The van der Waals surface area contributed by atoms with Gasteiger partial charge in [0.15, 0.2) is 0 Å². The van der Waals surface area contributed by atoms with Crippen LogP contribution >= 0.6 is 0 Å². The summed E-state index contributed by atoms with van der Waals surface area (Å²) >= 11 is 0. The van der Waals surface area contributed by atoms with Gasteiger partial charge in [-0.2, -0.15) is 0 Å². The second kappa shape index (κ2) is 8.43. The Kier molecular flexibility index (Phi) is 6.02. The standard InChI is InChI=1S/C21H27NO2/c23-15-17-24-16-14-22-13-7-12-21(18-22,19-8-3-1-4-9-19)20-10-5-2-6-11-20/h1-6,8-11,23H,7,12-18H2. The quantitative estimate of drug-likeness (QED) is 0.794. The molecule has 3 heteroatoms. The first-order valence-corrected chi connectivity index (χ1v) is 8.87. The molecule has 2 aromatic carbocycles. The first kappa shape index (κ1) is 17.2. The van der Waals surface area contributed by atoms with Crippen LogP contribution in [0, 0.1) is 0 Å². The Bertz CT molecular complexity index is 560. The van der Waals surface area contributed by atoms with Gasteiger partial charge < -0.3 is 9.84 Å². The van der Waals surface area contributed by atoms with Gasteiger partial charge >= 0.3 is 0 Å². The minimum atomic E-state index is 0.0533. The average molecular weight is 325 g/mol. The molecule has 0 saturated carbocycles. The molecule has 0 atom stereocenters. The molecule has 0 aliphatic carbocycles. The highest BCUT2D eigenvalue weighted by Crippen LogP contribution is 2.40. The van der Waals surface area contributed by atoms with Crippen LogP contribution in [-0.4, -0.2) is 49.5 Å². The fourth-order valence-electron chi connectivity index (χ4n) is 3.85. The Hall–Kier alpha value is -1.68. The third kappa shape index (κ3) is 3.86. The van der Waals surface area contributed by atoms with E-state index in [-0.39, 0.29) is 12.0 Å². The molecule has 0 spiro atoms. The number of benzene rings is 2. The predicted molar refractivity (Wildman–Crippen MR) is 97.2 cm³/mol. The molecule has 1 heterocycles. The number of hydrogen-bond acceptors (Lipinski definition) is 3. The highest BCUT2D eigenvalue weighted by molar-refractivity contribution is 5.40. The van der Waals surface area contributed by atoms with E-state index in [4.69, 9.17) is 9.84 Å². The van der Waals surface area contributed by atoms with Gasteiger partial charge in [0.2, 0.25) is 0 Å². The molecule has 1 N–H and O–H groups in total. The molecule has 3 rings (SSSR count). The minimum Gasteiger partial charge on any atom is -0.394 e. The lowest BCUT2D eigenvalue weighted by Crippen LogP contribution is -2.47. The molecule has 128 valence electrons. The molecule has 1 aliphatic rings. The SMILES string of the molecule is OCCOCCN1CCCC(c2ccccc2)(c2ccccc2)C1. The fraction of sp³-hybridized carbons (Fsp3) is 0.429. The summed E-state index contributed by atoms with van der Waals surface area (Å²) in [6.07, 6.45) is 2.36. The normalized spacial score (nSPS) is 17.7. The first-order valence-electron chi connectivity index (χ1n) is 8.87. The molecule has 2 aromatic rings. The van der Waals surface area contributed by atoms with Gasteiger partial charge in [0.05, 0.1) is 19.8 Å². The molecule has 3 nitrogen and oxygen atoms in total. The van der Waals surface area contributed by atoms with E-state index in [0.29, 0.717) is 13.2 Å². The maximum absolute atomic E-state index is 8.85. The molecule has 0 radical (unpaired) electrons. The Morgan fingerprint density at radius 3 is 2.12 bits per heavy atom. The van der Waals surface area contributed by atoms with Gasteiger partial charge in [-0.25, -0.2) is 0 Å². The number of rotatable bonds is 7. The number of hydrogen-bond donors (Lipinski definition) is 1. The molecule has 1 aliphatic heterocycles. The van der Waals surface area contributed by atoms with Crippen molar-refractivity contribution in [3.63, 3.8) is 0 Å². The van der Waals surface area contributed by atoms with E-state index in [1.807, 2.05) is 0 Å². The maximum Gasteiger partial charge on any atom is 0.0698 e. The van der Waals surface area contributed by atoms with Crippen molar-refractivity contribution in [3.05, 3.63) is 71.8 Å². The lowest BCUT2D eigenvalue weighted by Gasteiger charge is -2.44. The van der Waals surface area contributed by atoms with Crippen LogP contribution in [0.4, 0.5) is 0 Å². The van der Waals surface area contributed by atoms with Crippen LogP contribution in [-0.2, 0) is 10.2 Å². The zero-order valence-corrected chi connectivity index (χ0v) is 14.2. The Labute approximate surface area is 144 Å². The van der Waals surface area contributed by atoms with Crippen LogP contribution in [0.5, 0.6) is 0 Å². The average Bonchev–Trinajstić information content (AvgIpc) is 2.67. The smallest absolute Gasteiger partial charge is 0.0698 e. The van der Waals surface area contributed by atoms with E-state index < -0.39 is 0 Å². The van der Waals surface area contributed by atoms with Gasteiger partial charge in [0.25, 0.3) is 0 Å². The molecule has 1 fully saturated rings.